The van der Waals surface area contributed by atoms with Crippen LogP contribution in [0, 0.1) is 0 Å². The van der Waals surface area contributed by atoms with Crippen molar-refractivity contribution in [3.63, 3.8) is 0 Å². The summed E-state index contributed by atoms with van der Waals surface area (Å²) in [5.41, 5.74) is 2.27. The Hall–Kier alpha value is -1.71. The third kappa shape index (κ3) is 2.99. The van der Waals surface area contributed by atoms with Crippen LogP contribution in [0.5, 0.6) is 11.5 Å². The lowest BCUT2D eigenvalue weighted by Gasteiger charge is -2.21. The molecule has 0 fully saturated rings. The van der Waals surface area contributed by atoms with Crippen molar-refractivity contribution in [3.8, 4) is 11.5 Å². The van der Waals surface area contributed by atoms with Crippen LogP contribution in [-0.4, -0.2) is 6.79 Å². The van der Waals surface area contributed by atoms with E-state index in [1.54, 1.807) is 0 Å². The Kier molecular flexibility index (Phi) is 4.04. The van der Waals surface area contributed by atoms with Crippen molar-refractivity contribution in [2.45, 2.75) is 25.9 Å². The summed E-state index contributed by atoms with van der Waals surface area (Å²) in [6.07, 6.45) is 0. The van der Waals surface area contributed by atoms with Gasteiger partial charge in [-0.2, -0.15) is 0 Å². The smallest absolute Gasteiger partial charge is 0.231 e. The Balaban J connectivity index is 1.74. The molecule has 0 aliphatic carbocycles. The van der Waals surface area contributed by atoms with E-state index in [2.05, 4.69) is 25.2 Å². The molecule has 21 heavy (non-hydrogen) atoms. The topological polar surface area (TPSA) is 30.5 Å². The van der Waals surface area contributed by atoms with Gasteiger partial charge in [-0.25, -0.2) is 0 Å². The highest BCUT2D eigenvalue weighted by atomic mass is 35.5. The van der Waals surface area contributed by atoms with Crippen LogP contribution in [0.25, 0.3) is 0 Å². The number of rotatable bonds is 4. The Labute approximate surface area is 129 Å². The summed E-state index contributed by atoms with van der Waals surface area (Å²) < 4.78 is 10.8. The van der Waals surface area contributed by atoms with Crippen LogP contribution < -0.4 is 14.8 Å². The fraction of sp³-hybridized carbons (Fsp3) is 0.294. The first-order valence-electron chi connectivity index (χ1n) is 7.05. The standard InChI is InChI=1S/C17H18ClNO2/c1-11(13-7-8-16-17(9-13)21-10-20-16)19-12(2)14-5-3-4-6-15(14)18/h3-9,11-12,19H,10H2,1-2H3/t11?,12-/m1/s1. The Morgan fingerprint density at radius 2 is 1.76 bits per heavy atom. The fourth-order valence-electron chi connectivity index (χ4n) is 2.57. The Morgan fingerprint density at radius 3 is 2.57 bits per heavy atom. The van der Waals surface area contributed by atoms with Crippen LogP contribution >= 0.6 is 11.6 Å². The number of halogens is 1. The molecule has 3 rings (SSSR count). The molecular formula is C17H18ClNO2. The molecule has 1 N–H and O–H groups in total. The number of hydrogen-bond donors (Lipinski definition) is 1. The largest absolute Gasteiger partial charge is 0.454 e. The highest BCUT2D eigenvalue weighted by Crippen LogP contribution is 2.34. The molecule has 1 heterocycles. The molecule has 4 heteroatoms. The molecule has 1 unspecified atom stereocenters. The predicted molar refractivity (Wildman–Crippen MR) is 84.0 cm³/mol. The minimum atomic E-state index is 0.166. The number of fused-ring (bicyclic) bond motifs is 1. The molecule has 1 aliphatic rings. The van der Waals surface area contributed by atoms with Gasteiger partial charge in [0.2, 0.25) is 6.79 Å². The van der Waals surface area contributed by atoms with Gasteiger partial charge >= 0.3 is 0 Å². The summed E-state index contributed by atoms with van der Waals surface area (Å²) in [5, 5.41) is 4.35. The number of ether oxygens (including phenoxy) is 2. The van der Waals surface area contributed by atoms with Crippen LogP contribution in [0.4, 0.5) is 0 Å². The summed E-state index contributed by atoms with van der Waals surface area (Å²) in [4.78, 5) is 0. The molecule has 0 aromatic heterocycles. The highest BCUT2D eigenvalue weighted by molar-refractivity contribution is 6.31. The second-order valence-corrected chi connectivity index (χ2v) is 5.65. The SMILES string of the molecule is CC(N[C@H](C)c1ccccc1Cl)c1ccc2c(c1)OCO2. The van der Waals surface area contributed by atoms with Crippen LogP contribution in [-0.2, 0) is 0 Å². The molecule has 0 radical (unpaired) electrons. The molecule has 2 aromatic carbocycles. The van der Waals surface area contributed by atoms with E-state index in [9.17, 15) is 0 Å². The van der Waals surface area contributed by atoms with Crippen molar-refractivity contribution in [1.29, 1.82) is 0 Å². The maximum absolute atomic E-state index is 6.25. The molecule has 0 bridgehead atoms. The van der Waals surface area contributed by atoms with Crippen molar-refractivity contribution in [2.75, 3.05) is 6.79 Å². The summed E-state index contributed by atoms with van der Waals surface area (Å²) in [6.45, 7) is 4.55. The molecule has 0 saturated carbocycles. The third-order valence-electron chi connectivity index (χ3n) is 3.77. The van der Waals surface area contributed by atoms with E-state index in [1.807, 2.05) is 36.4 Å². The van der Waals surface area contributed by atoms with Crippen LogP contribution in [0.2, 0.25) is 5.02 Å². The quantitative estimate of drug-likeness (QED) is 0.903. The molecule has 0 saturated heterocycles. The lowest BCUT2D eigenvalue weighted by molar-refractivity contribution is 0.174. The summed E-state index contributed by atoms with van der Waals surface area (Å²) in [5.74, 6) is 1.62. The van der Waals surface area contributed by atoms with E-state index in [0.29, 0.717) is 6.79 Å². The van der Waals surface area contributed by atoms with Crippen molar-refractivity contribution in [1.82, 2.24) is 5.32 Å². The molecule has 2 aromatic rings. The first-order valence-corrected chi connectivity index (χ1v) is 7.43. The van der Waals surface area contributed by atoms with Gasteiger partial charge < -0.3 is 14.8 Å². The fourth-order valence-corrected chi connectivity index (χ4v) is 2.87. The molecule has 3 nitrogen and oxygen atoms in total. The second-order valence-electron chi connectivity index (χ2n) is 5.24. The van der Waals surface area contributed by atoms with Gasteiger partial charge in [-0.05, 0) is 43.2 Å². The molecule has 1 aliphatic heterocycles. The van der Waals surface area contributed by atoms with E-state index in [-0.39, 0.29) is 12.1 Å². The van der Waals surface area contributed by atoms with Gasteiger partial charge in [0.15, 0.2) is 11.5 Å². The van der Waals surface area contributed by atoms with Crippen LogP contribution in [0.15, 0.2) is 42.5 Å². The van der Waals surface area contributed by atoms with Gasteiger partial charge in [-0.1, -0.05) is 35.9 Å². The zero-order valence-corrected chi connectivity index (χ0v) is 12.9. The maximum Gasteiger partial charge on any atom is 0.231 e. The van der Waals surface area contributed by atoms with Gasteiger partial charge in [0.05, 0.1) is 0 Å². The van der Waals surface area contributed by atoms with E-state index in [0.717, 1.165) is 27.6 Å². The lowest BCUT2D eigenvalue weighted by Crippen LogP contribution is -2.22. The van der Waals surface area contributed by atoms with E-state index in [4.69, 9.17) is 21.1 Å². The van der Waals surface area contributed by atoms with Crippen LogP contribution in [0.3, 0.4) is 0 Å². The Bertz CT molecular complexity index is 644. The first kappa shape index (κ1) is 14.2. The lowest BCUT2D eigenvalue weighted by atomic mass is 10.0. The average molecular weight is 304 g/mol. The van der Waals surface area contributed by atoms with Gasteiger partial charge in [-0.15, -0.1) is 0 Å². The Morgan fingerprint density at radius 1 is 1.00 bits per heavy atom. The minimum Gasteiger partial charge on any atom is -0.454 e. The van der Waals surface area contributed by atoms with Crippen molar-refractivity contribution >= 4 is 11.6 Å². The summed E-state index contributed by atoms with van der Waals surface area (Å²) in [7, 11) is 0. The molecule has 0 spiro atoms. The van der Waals surface area contributed by atoms with Gasteiger partial charge in [-0.3, -0.25) is 0 Å². The third-order valence-corrected chi connectivity index (χ3v) is 4.11. The average Bonchev–Trinajstić information content (AvgIpc) is 2.94. The van der Waals surface area contributed by atoms with Crippen molar-refractivity contribution in [2.24, 2.45) is 0 Å². The second kappa shape index (κ2) is 5.96. The molecule has 110 valence electrons. The number of nitrogens with one attached hydrogen (secondary N) is 1. The van der Waals surface area contributed by atoms with Crippen molar-refractivity contribution in [3.05, 3.63) is 58.6 Å². The van der Waals surface area contributed by atoms with Gasteiger partial charge in [0.1, 0.15) is 0 Å². The normalized spacial score (nSPS) is 15.8. The monoisotopic (exact) mass is 303 g/mol. The highest BCUT2D eigenvalue weighted by Gasteiger charge is 2.17. The summed E-state index contributed by atoms with van der Waals surface area (Å²) in [6, 6.07) is 14.3. The minimum absolute atomic E-state index is 0.166. The van der Waals surface area contributed by atoms with E-state index in [1.165, 1.54) is 0 Å². The molecule has 0 amide bonds. The number of hydrogen-bond acceptors (Lipinski definition) is 3. The zero-order valence-electron chi connectivity index (χ0n) is 12.1. The molecule has 2 atom stereocenters. The van der Waals surface area contributed by atoms with E-state index >= 15 is 0 Å². The predicted octanol–water partition coefficient (Wildman–Crippen LogP) is 4.48. The maximum atomic E-state index is 6.25. The van der Waals surface area contributed by atoms with Gasteiger partial charge in [0.25, 0.3) is 0 Å². The van der Waals surface area contributed by atoms with Crippen molar-refractivity contribution < 1.29 is 9.47 Å². The zero-order chi connectivity index (χ0) is 14.8. The van der Waals surface area contributed by atoms with Gasteiger partial charge in [0, 0.05) is 17.1 Å². The van der Waals surface area contributed by atoms with E-state index < -0.39 is 0 Å². The van der Waals surface area contributed by atoms with Crippen LogP contribution in [0.1, 0.15) is 37.1 Å². The summed E-state index contributed by atoms with van der Waals surface area (Å²) >= 11 is 6.25. The number of benzene rings is 2. The molecular weight excluding hydrogens is 286 g/mol. The first-order chi connectivity index (χ1) is 10.1.